The molecule has 0 atom stereocenters. The lowest BCUT2D eigenvalue weighted by atomic mass is 10.0. The molecule has 0 saturated heterocycles. The predicted molar refractivity (Wildman–Crippen MR) is 97.1 cm³/mol. The van der Waals surface area contributed by atoms with Gasteiger partial charge in [0.1, 0.15) is 0 Å². The monoisotopic (exact) mass is 313 g/mol. The molecule has 0 aliphatic carbocycles. The molecule has 0 aromatic heterocycles. The molecule has 1 radical (unpaired) electrons. The summed E-state index contributed by atoms with van der Waals surface area (Å²) in [5.74, 6) is 0. The molecule has 133 valence electrons. The zero-order valence-electron chi connectivity index (χ0n) is 15.2. The summed E-state index contributed by atoms with van der Waals surface area (Å²) >= 11 is 0. The molecule has 0 unspecified atom stereocenters. The van der Waals surface area contributed by atoms with E-state index in [0.29, 0.717) is 6.61 Å². The van der Waals surface area contributed by atoms with E-state index < -0.39 is 0 Å². The van der Waals surface area contributed by atoms with Crippen LogP contribution in [0.15, 0.2) is 0 Å². The van der Waals surface area contributed by atoms with Gasteiger partial charge in [0.25, 0.3) is 0 Å². The zero-order chi connectivity index (χ0) is 16.1. The molecule has 0 amide bonds. The lowest BCUT2D eigenvalue weighted by molar-refractivity contribution is 0.0895. The molecule has 0 aliphatic heterocycles. The van der Waals surface area contributed by atoms with Gasteiger partial charge in [0.05, 0.1) is 13.2 Å². The zero-order valence-corrected chi connectivity index (χ0v) is 15.2. The highest BCUT2D eigenvalue weighted by atomic mass is 16.5. The predicted octanol–water partition coefficient (Wildman–Crippen LogP) is 6.07. The Labute approximate surface area is 140 Å². The van der Waals surface area contributed by atoms with E-state index in [1.54, 1.807) is 0 Å². The van der Waals surface area contributed by atoms with Gasteiger partial charge in [-0.3, -0.25) is 0 Å². The van der Waals surface area contributed by atoms with Crippen LogP contribution in [0.1, 0.15) is 103 Å². The van der Waals surface area contributed by atoms with Gasteiger partial charge in [-0.15, -0.1) is 0 Å². The molecule has 0 aromatic carbocycles. The van der Waals surface area contributed by atoms with Crippen molar-refractivity contribution in [1.82, 2.24) is 0 Å². The van der Waals surface area contributed by atoms with Crippen molar-refractivity contribution in [1.29, 1.82) is 0 Å². The summed E-state index contributed by atoms with van der Waals surface area (Å²) in [5, 5.41) is 8.57. The third-order valence-corrected chi connectivity index (χ3v) is 4.18. The third kappa shape index (κ3) is 19.9. The molecule has 0 saturated carbocycles. The number of hydrogen-bond acceptors (Lipinski definition) is 2. The first-order chi connectivity index (χ1) is 10.9. The summed E-state index contributed by atoms with van der Waals surface area (Å²) in [5.41, 5.74) is 0. The third-order valence-electron chi connectivity index (χ3n) is 4.18. The summed E-state index contributed by atoms with van der Waals surface area (Å²) < 4.78 is 5.25. The fraction of sp³-hybridized carbons (Fsp3) is 0.950. The molecule has 22 heavy (non-hydrogen) atoms. The summed E-state index contributed by atoms with van der Waals surface area (Å²) in [7, 11) is 0. The number of ether oxygens (including phenoxy) is 1. The molecule has 0 rings (SSSR count). The van der Waals surface area contributed by atoms with Crippen LogP contribution in [0.5, 0.6) is 0 Å². The molecule has 0 fully saturated rings. The largest absolute Gasteiger partial charge is 0.394 e. The molecule has 0 bridgehead atoms. The standard InChI is InChI=1S/C20H41O2/c1-2-3-4-5-6-7-8-9-10-11-12-13-14-15-16-17-19-22-20-18-21/h4,21H,2-3,5-20H2,1H3. The molecule has 0 aromatic rings. The molecule has 1 N–H and O–H groups in total. The lowest BCUT2D eigenvalue weighted by Gasteiger charge is -2.04. The normalized spacial score (nSPS) is 11.2. The van der Waals surface area contributed by atoms with E-state index in [4.69, 9.17) is 9.84 Å². The summed E-state index contributed by atoms with van der Waals surface area (Å²) in [4.78, 5) is 0. The smallest absolute Gasteiger partial charge is 0.0697 e. The van der Waals surface area contributed by atoms with Crippen molar-refractivity contribution in [3.8, 4) is 0 Å². The van der Waals surface area contributed by atoms with Gasteiger partial charge in [-0.1, -0.05) is 96.8 Å². The van der Waals surface area contributed by atoms with Crippen LogP contribution in [0.3, 0.4) is 0 Å². The molecule has 0 spiro atoms. The van der Waals surface area contributed by atoms with Gasteiger partial charge in [0.15, 0.2) is 0 Å². The highest BCUT2D eigenvalue weighted by Crippen LogP contribution is 2.13. The summed E-state index contributed by atoms with van der Waals surface area (Å²) in [6.07, 6.45) is 23.0. The number of rotatable bonds is 19. The van der Waals surface area contributed by atoms with Crippen molar-refractivity contribution in [2.24, 2.45) is 0 Å². The first-order valence-electron chi connectivity index (χ1n) is 9.92. The van der Waals surface area contributed by atoms with Crippen LogP contribution < -0.4 is 0 Å². The number of unbranched alkanes of at least 4 members (excludes halogenated alkanes) is 15. The molecule has 2 nitrogen and oxygen atoms in total. The fourth-order valence-corrected chi connectivity index (χ4v) is 2.78. The minimum absolute atomic E-state index is 0.150. The fourth-order valence-electron chi connectivity index (χ4n) is 2.78. The Morgan fingerprint density at radius 1 is 0.636 bits per heavy atom. The van der Waals surface area contributed by atoms with Crippen molar-refractivity contribution >= 4 is 0 Å². The van der Waals surface area contributed by atoms with E-state index in [2.05, 4.69) is 13.3 Å². The SMILES string of the molecule is CCC[CH]CCCCCCCCCCCCCCOCCO. The maximum atomic E-state index is 8.57. The quantitative estimate of drug-likeness (QED) is 0.293. The average molecular weight is 314 g/mol. The molecule has 2 heteroatoms. The van der Waals surface area contributed by atoms with E-state index in [1.165, 1.54) is 89.9 Å². The number of aliphatic hydroxyl groups is 1. The van der Waals surface area contributed by atoms with Crippen LogP contribution in [-0.4, -0.2) is 24.9 Å². The van der Waals surface area contributed by atoms with Crippen molar-refractivity contribution < 1.29 is 9.84 Å². The van der Waals surface area contributed by atoms with Gasteiger partial charge >= 0.3 is 0 Å². The summed E-state index contributed by atoms with van der Waals surface area (Å²) in [6.45, 7) is 3.72. The highest BCUT2D eigenvalue weighted by molar-refractivity contribution is 4.63. The van der Waals surface area contributed by atoms with Crippen LogP contribution >= 0.6 is 0 Å². The average Bonchev–Trinajstić information content (AvgIpc) is 2.54. The lowest BCUT2D eigenvalue weighted by Crippen LogP contribution is -2.00. The van der Waals surface area contributed by atoms with Gasteiger partial charge in [0, 0.05) is 6.61 Å². The van der Waals surface area contributed by atoms with Crippen LogP contribution in [0.2, 0.25) is 0 Å². The van der Waals surface area contributed by atoms with Crippen LogP contribution in [0.25, 0.3) is 0 Å². The molecule has 0 heterocycles. The highest BCUT2D eigenvalue weighted by Gasteiger charge is 1.94. The Kier molecular flexibility index (Phi) is 20.8. The van der Waals surface area contributed by atoms with E-state index in [-0.39, 0.29) is 6.61 Å². The minimum Gasteiger partial charge on any atom is -0.394 e. The molecule has 0 aliphatic rings. The Bertz CT molecular complexity index is 163. The molecular weight excluding hydrogens is 272 g/mol. The Hall–Kier alpha value is -0.0800. The number of aliphatic hydroxyl groups excluding tert-OH is 1. The van der Waals surface area contributed by atoms with Crippen LogP contribution in [-0.2, 0) is 4.74 Å². The van der Waals surface area contributed by atoms with E-state index in [0.717, 1.165) is 13.0 Å². The maximum Gasteiger partial charge on any atom is 0.0697 e. The Balaban J connectivity index is 2.91. The minimum atomic E-state index is 0.150. The van der Waals surface area contributed by atoms with Gasteiger partial charge in [0.2, 0.25) is 0 Å². The van der Waals surface area contributed by atoms with Crippen molar-refractivity contribution in [2.45, 2.75) is 103 Å². The van der Waals surface area contributed by atoms with Crippen molar-refractivity contribution in [3.05, 3.63) is 6.42 Å². The van der Waals surface area contributed by atoms with Crippen molar-refractivity contribution in [2.75, 3.05) is 19.8 Å². The van der Waals surface area contributed by atoms with E-state index >= 15 is 0 Å². The summed E-state index contributed by atoms with van der Waals surface area (Å²) in [6, 6.07) is 0. The first-order valence-corrected chi connectivity index (χ1v) is 9.92. The van der Waals surface area contributed by atoms with Gasteiger partial charge < -0.3 is 9.84 Å². The van der Waals surface area contributed by atoms with Crippen LogP contribution in [0.4, 0.5) is 0 Å². The van der Waals surface area contributed by atoms with Gasteiger partial charge in [-0.2, -0.15) is 0 Å². The maximum absolute atomic E-state index is 8.57. The van der Waals surface area contributed by atoms with E-state index in [9.17, 15) is 0 Å². The number of hydrogen-bond donors (Lipinski definition) is 1. The topological polar surface area (TPSA) is 29.5 Å². The Morgan fingerprint density at radius 2 is 1.14 bits per heavy atom. The second kappa shape index (κ2) is 20.9. The molecular formula is C20H41O2. The van der Waals surface area contributed by atoms with Crippen molar-refractivity contribution in [3.63, 3.8) is 0 Å². The Morgan fingerprint density at radius 3 is 1.64 bits per heavy atom. The van der Waals surface area contributed by atoms with Gasteiger partial charge in [-0.25, -0.2) is 0 Å². The van der Waals surface area contributed by atoms with E-state index in [1.807, 2.05) is 0 Å². The van der Waals surface area contributed by atoms with Gasteiger partial charge in [-0.05, 0) is 12.8 Å². The van der Waals surface area contributed by atoms with Crippen LogP contribution in [0, 0.1) is 6.42 Å². The second-order valence-electron chi connectivity index (χ2n) is 6.44. The second-order valence-corrected chi connectivity index (χ2v) is 6.44. The first kappa shape index (κ1) is 21.9.